The largest absolute Gasteiger partial charge is 0.456 e. The number of aromatic nitrogens is 2. The van der Waals surface area contributed by atoms with Gasteiger partial charge in [0.05, 0.1) is 11.3 Å². The summed E-state index contributed by atoms with van der Waals surface area (Å²) in [4.78, 5) is 17.4. The van der Waals surface area contributed by atoms with Gasteiger partial charge < -0.3 is 15.0 Å². The third kappa shape index (κ3) is 6.05. The Bertz CT molecular complexity index is 1010. The average molecular weight is 420 g/mol. The summed E-state index contributed by atoms with van der Waals surface area (Å²) in [5.74, 6) is 0.799. The molecule has 3 rings (SSSR count). The van der Waals surface area contributed by atoms with Crippen molar-refractivity contribution in [3.05, 3.63) is 77.4 Å². The van der Waals surface area contributed by atoms with E-state index in [4.69, 9.17) is 15.5 Å². The fraction of sp³-hybridized carbons (Fsp3) is 0.385. The van der Waals surface area contributed by atoms with Crippen LogP contribution in [0.15, 0.2) is 54.7 Å². The molecule has 0 aliphatic carbocycles. The van der Waals surface area contributed by atoms with Gasteiger partial charge in [-0.05, 0) is 56.5 Å². The summed E-state index contributed by atoms with van der Waals surface area (Å²) < 4.78 is 7.81. The van der Waals surface area contributed by atoms with Crippen LogP contribution < -0.4 is 5.73 Å². The topological polar surface area (TPSA) is 70.1 Å². The van der Waals surface area contributed by atoms with Crippen molar-refractivity contribution in [2.24, 2.45) is 5.73 Å². The lowest BCUT2D eigenvalue weighted by atomic mass is 9.98. The number of nitrogens with zero attached hydrogens (tertiary/aromatic N) is 2. The maximum atomic E-state index is 12.7. The van der Waals surface area contributed by atoms with Crippen molar-refractivity contribution >= 4 is 5.97 Å². The summed E-state index contributed by atoms with van der Waals surface area (Å²) >= 11 is 0. The molecule has 0 atom stereocenters. The van der Waals surface area contributed by atoms with E-state index in [2.05, 4.69) is 42.0 Å². The minimum absolute atomic E-state index is 0.303. The predicted octanol–water partition coefficient (Wildman–Crippen LogP) is 5.01. The van der Waals surface area contributed by atoms with E-state index in [-0.39, 0.29) is 5.97 Å². The molecular weight excluding hydrogens is 386 g/mol. The second kappa shape index (κ2) is 9.92. The van der Waals surface area contributed by atoms with Gasteiger partial charge >= 0.3 is 5.97 Å². The van der Waals surface area contributed by atoms with Crippen LogP contribution in [0.5, 0.6) is 0 Å². The zero-order valence-corrected chi connectivity index (χ0v) is 19.0. The second-order valence-corrected chi connectivity index (χ2v) is 8.81. The van der Waals surface area contributed by atoms with Crippen LogP contribution in [0, 0.1) is 0 Å². The summed E-state index contributed by atoms with van der Waals surface area (Å²) in [7, 11) is 0. The summed E-state index contributed by atoms with van der Waals surface area (Å²) in [6.07, 6.45) is 4.92. The zero-order chi connectivity index (χ0) is 22.4. The van der Waals surface area contributed by atoms with Crippen LogP contribution in [0.2, 0.25) is 0 Å². The van der Waals surface area contributed by atoms with Crippen molar-refractivity contribution < 1.29 is 9.53 Å². The second-order valence-electron chi connectivity index (χ2n) is 8.81. The van der Waals surface area contributed by atoms with Crippen molar-refractivity contribution in [2.75, 3.05) is 6.54 Å². The minimum atomic E-state index is -0.530. The first-order valence-electron chi connectivity index (χ1n) is 11.0. The van der Waals surface area contributed by atoms with Crippen molar-refractivity contribution in [3.8, 4) is 11.1 Å². The third-order valence-corrected chi connectivity index (χ3v) is 4.95. The van der Waals surface area contributed by atoms with Gasteiger partial charge in [0.15, 0.2) is 0 Å². The summed E-state index contributed by atoms with van der Waals surface area (Å²) in [5.41, 5.74) is 9.86. The molecule has 0 saturated carbocycles. The van der Waals surface area contributed by atoms with Crippen molar-refractivity contribution in [3.63, 3.8) is 0 Å². The minimum Gasteiger partial charge on any atom is -0.456 e. The number of carbonyl (C=O) groups is 1. The molecule has 0 radical (unpaired) electrons. The Morgan fingerprint density at radius 3 is 2.42 bits per heavy atom. The quantitative estimate of drug-likeness (QED) is 0.521. The van der Waals surface area contributed by atoms with E-state index in [1.807, 2.05) is 45.0 Å². The molecule has 3 aromatic rings. The van der Waals surface area contributed by atoms with E-state index in [1.165, 1.54) is 5.56 Å². The van der Waals surface area contributed by atoms with E-state index >= 15 is 0 Å². The van der Waals surface area contributed by atoms with Gasteiger partial charge in [0.2, 0.25) is 0 Å². The van der Waals surface area contributed by atoms with Gasteiger partial charge in [0.1, 0.15) is 11.4 Å². The molecule has 0 bridgehead atoms. The lowest BCUT2D eigenvalue weighted by molar-refractivity contribution is 0.00704. The number of esters is 1. The normalized spacial score (nSPS) is 11.5. The number of hydrogen-bond acceptors (Lipinski definition) is 4. The Balaban J connectivity index is 1.83. The number of imidazole rings is 1. The standard InChI is InChI=1S/C26H33N3O2/c1-5-8-24-28-21(15-16-27)18-29(24)17-19-11-13-20(14-12-19)22-9-6-7-10-23(22)25(30)31-26(2,3)4/h6-7,9-14,18H,5,8,15-17,27H2,1-4H3. The molecule has 0 amide bonds. The fourth-order valence-corrected chi connectivity index (χ4v) is 3.57. The zero-order valence-electron chi connectivity index (χ0n) is 19.0. The van der Waals surface area contributed by atoms with Crippen molar-refractivity contribution in [2.45, 2.75) is 59.1 Å². The van der Waals surface area contributed by atoms with Crippen LogP contribution >= 0.6 is 0 Å². The Kier molecular flexibility index (Phi) is 7.29. The van der Waals surface area contributed by atoms with E-state index < -0.39 is 5.60 Å². The van der Waals surface area contributed by atoms with Gasteiger partial charge in [0.25, 0.3) is 0 Å². The Morgan fingerprint density at radius 2 is 1.77 bits per heavy atom. The molecule has 0 unspecified atom stereocenters. The first kappa shape index (κ1) is 22.8. The van der Waals surface area contributed by atoms with Crippen LogP contribution in [-0.4, -0.2) is 27.7 Å². The lowest BCUT2D eigenvalue weighted by Crippen LogP contribution is -2.24. The van der Waals surface area contributed by atoms with E-state index in [0.29, 0.717) is 12.1 Å². The summed E-state index contributed by atoms with van der Waals surface area (Å²) in [5, 5.41) is 0. The maximum Gasteiger partial charge on any atom is 0.339 e. The van der Waals surface area contributed by atoms with Gasteiger partial charge in [-0.3, -0.25) is 0 Å². The highest BCUT2D eigenvalue weighted by Crippen LogP contribution is 2.26. The highest BCUT2D eigenvalue weighted by atomic mass is 16.6. The van der Waals surface area contributed by atoms with Crippen LogP contribution in [-0.2, 0) is 24.1 Å². The van der Waals surface area contributed by atoms with E-state index in [9.17, 15) is 4.79 Å². The van der Waals surface area contributed by atoms with Gasteiger partial charge in [-0.25, -0.2) is 9.78 Å². The molecule has 0 aliphatic heterocycles. The molecule has 1 aromatic heterocycles. The molecule has 0 aliphatic rings. The van der Waals surface area contributed by atoms with Gasteiger partial charge in [-0.1, -0.05) is 49.4 Å². The number of rotatable bonds is 8. The molecule has 2 aromatic carbocycles. The fourth-order valence-electron chi connectivity index (χ4n) is 3.57. The molecule has 0 saturated heterocycles. The van der Waals surface area contributed by atoms with Crippen LogP contribution in [0.25, 0.3) is 11.1 Å². The Labute approximate surface area is 185 Å². The monoisotopic (exact) mass is 419 g/mol. The summed E-state index contributed by atoms with van der Waals surface area (Å²) in [6, 6.07) is 15.9. The number of benzene rings is 2. The van der Waals surface area contributed by atoms with Gasteiger partial charge in [0, 0.05) is 25.6 Å². The number of hydrogen-bond donors (Lipinski definition) is 1. The summed E-state index contributed by atoms with van der Waals surface area (Å²) in [6.45, 7) is 9.17. The molecule has 5 heteroatoms. The highest BCUT2D eigenvalue weighted by Gasteiger charge is 2.20. The number of ether oxygens (including phenoxy) is 1. The molecule has 5 nitrogen and oxygen atoms in total. The average Bonchev–Trinajstić information content (AvgIpc) is 3.09. The van der Waals surface area contributed by atoms with Gasteiger partial charge in [-0.15, -0.1) is 0 Å². The first-order valence-corrected chi connectivity index (χ1v) is 11.0. The molecule has 0 spiro atoms. The van der Waals surface area contributed by atoms with E-state index in [0.717, 1.165) is 48.5 Å². The molecule has 2 N–H and O–H groups in total. The molecule has 31 heavy (non-hydrogen) atoms. The lowest BCUT2D eigenvalue weighted by Gasteiger charge is -2.20. The molecular formula is C26H33N3O2. The van der Waals surface area contributed by atoms with Crippen molar-refractivity contribution in [1.82, 2.24) is 9.55 Å². The number of nitrogens with two attached hydrogens (primary N) is 1. The Morgan fingerprint density at radius 1 is 1.06 bits per heavy atom. The predicted molar refractivity (Wildman–Crippen MR) is 125 cm³/mol. The van der Waals surface area contributed by atoms with Crippen LogP contribution in [0.3, 0.4) is 0 Å². The maximum absolute atomic E-state index is 12.7. The van der Waals surface area contributed by atoms with E-state index in [1.54, 1.807) is 0 Å². The third-order valence-electron chi connectivity index (χ3n) is 4.95. The number of carbonyl (C=O) groups excluding carboxylic acids is 1. The smallest absolute Gasteiger partial charge is 0.339 e. The first-order chi connectivity index (χ1) is 14.8. The molecule has 0 fully saturated rings. The van der Waals surface area contributed by atoms with Gasteiger partial charge in [-0.2, -0.15) is 0 Å². The van der Waals surface area contributed by atoms with Crippen LogP contribution in [0.4, 0.5) is 0 Å². The molecule has 1 heterocycles. The molecule has 164 valence electrons. The van der Waals surface area contributed by atoms with Crippen molar-refractivity contribution in [1.29, 1.82) is 0 Å². The SMILES string of the molecule is CCCc1nc(CCN)cn1Cc1ccc(-c2ccccc2C(=O)OC(C)(C)C)cc1. The van der Waals surface area contributed by atoms with Crippen LogP contribution in [0.1, 0.15) is 61.6 Å². The highest BCUT2D eigenvalue weighted by molar-refractivity contribution is 5.97. The Hall–Kier alpha value is -2.92. The number of aryl methyl sites for hydroxylation is 1.